The van der Waals surface area contributed by atoms with Gasteiger partial charge in [-0.1, -0.05) is 0 Å². The highest BCUT2D eigenvalue weighted by Crippen LogP contribution is 2.25. The molecule has 0 aliphatic carbocycles. The average Bonchev–Trinajstić information content (AvgIpc) is 2.30. The number of esters is 1. The van der Waals surface area contributed by atoms with E-state index in [4.69, 9.17) is 9.47 Å². The SMILES string of the molecule is CCOC(=O)C(C)Sc1ccc(OC)cc1. The summed E-state index contributed by atoms with van der Waals surface area (Å²) in [6.07, 6.45) is 0. The minimum absolute atomic E-state index is 0.177. The van der Waals surface area contributed by atoms with Crippen LogP contribution in [0.4, 0.5) is 0 Å². The van der Waals surface area contributed by atoms with E-state index < -0.39 is 0 Å². The fourth-order valence-corrected chi connectivity index (χ4v) is 2.03. The summed E-state index contributed by atoms with van der Waals surface area (Å²) in [5.41, 5.74) is 0. The van der Waals surface area contributed by atoms with Crippen LogP contribution >= 0.6 is 11.8 Å². The summed E-state index contributed by atoms with van der Waals surface area (Å²) in [4.78, 5) is 12.4. The van der Waals surface area contributed by atoms with Crippen LogP contribution in [0.1, 0.15) is 13.8 Å². The molecule has 0 spiro atoms. The summed E-state index contributed by atoms with van der Waals surface area (Å²) in [5.74, 6) is 0.636. The Balaban J connectivity index is 2.55. The van der Waals surface area contributed by atoms with Gasteiger partial charge in [-0.15, -0.1) is 11.8 Å². The number of carbonyl (C=O) groups excluding carboxylic acids is 1. The topological polar surface area (TPSA) is 35.5 Å². The first-order valence-corrected chi connectivity index (χ1v) is 6.02. The molecule has 1 aromatic rings. The summed E-state index contributed by atoms with van der Waals surface area (Å²) in [7, 11) is 1.63. The van der Waals surface area contributed by atoms with Gasteiger partial charge >= 0.3 is 5.97 Å². The van der Waals surface area contributed by atoms with Gasteiger partial charge < -0.3 is 9.47 Å². The molecule has 0 aliphatic rings. The molecule has 0 saturated carbocycles. The van der Waals surface area contributed by atoms with Gasteiger partial charge in [0.25, 0.3) is 0 Å². The van der Waals surface area contributed by atoms with Gasteiger partial charge in [0.05, 0.1) is 13.7 Å². The Hall–Kier alpha value is -1.16. The molecule has 1 unspecified atom stereocenters. The number of rotatable bonds is 5. The van der Waals surface area contributed by atoms with E-state index in [1.807, 2.05) is 38.1 Å². The Morgan fingerprint density at radius 1 is 1.38 bits per heavy atom. The van der Waals surface area contributed by atoms with Gasteiger partial charge in [0.2, 0.25) is 0 Å². The summed E-state index contributed by atoms with van der Waals surface area (Å²) in [5, 5.41) is -0.187. The van der Waals surface area contributed by atoms with Crippen molar-refractivity contribution < 1.29 is 14.3 Å². The van der Waals surface area contributed by atoms with Crippen LogP contribution in [0.3, 0.4) is 0 Å². The van der Waals surface area contributed by atoms with Crippen molar-refractivity contribution >= 4 is 17.7 Å². The standard InChI is InChI=1S/C12H16O3S/c1-4-15-12(13)9(2)16-11-7-5-10(14-3)6-8-11/h5-9H,4H2,1-3H3. The Morgan fingerprint density at radius 3 is 2.50 bits per heavy atom. The molecule has 0 N–H and O–H groups in total. The predicted octanol–water partition coefficient (Wildman–Crippen LogP) is 2.74. The number of ether oxygens (including phenoxy) is 2. The summed E-state index contributed by atoms with van der Waals surface area (Å²) in [6, 6.07) is 7.61. The molecule has 0 bridgehead atoms. The molecule has 0 saturated heterocycles. The first-order valence-electron chi connectivity index (χ1n) is 5.14. The summed E-state index contributed by atoms with van der Waals surface area (Å²) in [6.45, 7) is 4.07. The smallest absolute Gasteiger partial charge is 0.319 e. The Morgan fingerprint density at radius 2 is 2.00 bits per heavy atom. The van der Waals surface area contributed by atoms with Gasteiger partial charge in [-0.05, 0) is 38.1 Å². The van der Waals surface area contributed by atoms with Crippen LogP contribution in [-0.4, -0.2) is 24.9 Å². The second-order valence-corrected chi connectivity index (χ2v) is 4.60. The highest BCUT2D eigenvalue weighted by Gasteiger charge is 2.14. The van der Waals surface area contributed by atoms with Crippen molar-refractivity contribution in [1.82, 2.24) is 0 Å². The molecule has 16 heavy (non-hydrogen) atoms. The van der Waals surface area contributed by atoms with Gasteiger partial charge in [0.1, 0.15) is 11.0 Å². The van der Waals surface area contributed by atoms with Crippen LogP contribution in [-0.2, 0) is 9.53 Å². The molecule has 0 heterocycles. The van der Waals surface area contributed by atoms with Crippen LogP contribution < -0.4 is 4.74 Å². The second kappa shape index (κ2) is 6.43. The third kappa shape index (κ3) is 3.77. The van der Waals surface area contributed by atoms with E-state index in [-0.39, 0.29) is 11.2 Å². The Kier molecular flexibility index (Phi) is 5.19. The van der Waals surface area contributed by atoms with Crippen molar-refractivity contribution in [2.24, 2.45) is 0 Å². The van der Waals surface area contributed by atoms with Gasteiger partial charge in [0, 0.05) is 4.90 Å². The number of hydrogen-bond donors (Lipinski definition) is 0. The quantitative estimate of drug-likeness (QED) is 0.585. The van der Waals surface area contributed by atoms with E-state index >= 15 is 0 Å². The molecule has 0 aromatic heterocycles. The van der Waals surface area contributed by atoms with E-state index in [1.54, 1.807) is 7.11 Å². The van der Waals surface area contributed by atoms with Crippen LogP contribution in [0.5, 0.6) is 5.75 Å². The molecule has 0 aliphatic heterocycles. The molecule has 4 heteroatoms. The number of carbonyl (C=O) groups is 1. The highest BCUT2D eigenvalue weighted by atomic mass is 32.2. The van der Waals surface area contributed by atoms with Gasteiger partial charge in [-0.3, -0.25) is 4.79 Å². The lowest BCUT2D eigenvalue weighted by Crippen LogP contribution is -2.16. The number of benzene rings is 1. The molecule has 0 fully saturated rings. The molecular formula is C12H16O3S. The summed E-state index contributed by atoms with van der Waals surface area (Å²) >= 11 is 1.48. The number of methoxy groups -OCH3 is 1. The van der Waals surface area contributed by atoms with Crippen LogP contribution in [0.2, 0.25) is 0 Å². The minimum atomic E-state index is -0.187. The predicted molar refractivity (Wildman–Crippen MR) is 64.9 cm³/mol. The Labute approximate surface area is 100 Å². The second-order valence-electron chi connectivity index (χ2n) is 3.19. The lowest BCUT2D eigenvalue weighted by Gasteiger charge is -2.10. The molecule has 0 amide bonds. The fraction of sp³-hybridized carbons (Fsp3) is 0.417. The molecule has 1 aromatic carbocycles. The maximum absolute atomic E-state index is 11.4. The lowest BCUT2D eigenvalue weighted by atomic mass is 10.3. The number of hydrogen-bond acceptors (Lipinski definition) is 4. The van der Waals surface area contributed by atoms with Gasteiger partial charge in [-0.2, -0.15) is 0 Å². The highest BCUT2D eigenvalue weighted by molar-refractivity contribution is 8.00. The maximum Gasteiger partial charge on any atom is 0.319 e. The summed E-state index contributed by atoms with van der Waals surface area (Å²) < 4.78 is 10.00. The van der Waals surface area contributed by atoms with Gasteiger partial charge in [-0.25, -0.2) is 0 Å². The van der Waals surface area contributed by atoms with Crippen molar-refractivity contribution in [3.63, 3.8) is 0 Å². The average molecular weight is 240 g/mol. The first-order chi connectivity index (χ1) is 7.67. The van der Waals surface area contributed by atoms with Crippen molar-refractivity contribution in [2.45, 2.75) is 24.0 Å². The van der Waals surface area contributed by atoms with Crippen molar-refractivity contribution in [1.29, 1.82) is 0 Å². The molecule has 3 nitrogen and oxygen atoms in total. The molecular weight excluding hydrogens is 224 g/mol. The zero-order valence-electron chi connectivity index (χ0n) is 9.73. The van der Waals surface area contributed by atoms with E-state index in [9.17, 15) is 4.79 Å². The van der Waals surface area contributed by atoms with Crippen molar-refractivity contribution in [2.75, 3.05) is 13.7 Å². The third-order valence-corrected chi connectivity index (χ3v) is 3.08. The van der Waals surface area contributed by atoms with Crippen LogP contribution in [0.15, 0.2) is 29.2 Å². The fourth-order valence-electron chi connectivity index (χ4n) is 1.17. The Bertz CT molecular complexity index is 335. The monoisotopic (exact) mass is 240 g/mol. The normalized spacial score (nSPS) is 11.9. The molecule has 88 valence electrons. The minimum Gasteiger partial charge on any atom is -0.497 e. The third-order valence-electron chi connectivity index (χ3n) is 1.99. The molecule has 1 rings (SSSR count). The maximum atomic E-state index is 11.4. The van der Waals surface area contributed by atoms with E-state index in [0.29, 0.717) is 6.61 Å². The van der Waals surface area contributed by atoms with E-state index in [1.165, 1.54) is 11.8 Å². The zero-order valence-corrected chi connectivity index (χ0v) is 10.5. The first kappa shape index (κ1) is 12.9. The van der Waals surface area contributed by atoms with Crippen LogP contribution in [0.25, 0.3) is 0 Å². The van der Waals surface area contributed by atoms with E-state index in [2.05, 4.69) is 0 Å². The molecule has 1 atom stereocenters. The number of thioether (sulfide) groups is 1. The molecule has 0 radical (unpaired) electrons. The lowest BCUT2D eigenvalue weighted by molar-refractivity contribution is -0.142. The van der Waals surface area contributed by atoms with Crippen molar-refractivity contribution in [3.05, 3.63) is 24.3 Å². The zero-order chi connectivity index (χ0) is 12.0. The largest absolute Gasteiger partial charge is 0.497 e. The van der Waals surface area contributed by atoms with Crippen molar-refractivity contribution in [3.8, 4) is 5.75 Å². The van der Waals surface area contributed by atoms with Crippen LogP contribution in [0, 0.1) is 0 Å². The van der Waals surface area contributed by atoms with E-state index in [0.717, 1.165) is 10.6 Å². The van der Waals surface area contributed by atoms with Gasteiger partial charge in [0.15, 0.2) is 0 Å².